The van der Waals surface area contributed by atoms with E-state index >= 15 is 0 Å². The lowest BCUT2D eigenvalue weighted by molar-refractivity contribution is 0.0525. The highest BCUT2D eigenvalue weighted by molar-refractivity contribution is 5.67. The van der Waals surface area contributed by atoms with Crippen molar-refractivity contribution in [2.24, 2.45) is 0 Å². The van der Waals surface area contributed by atoms with E-state index in [1.165, 1.54) is 6.26 Å². The fraction of sp³-hybridized carbons (Fsp3) is 0.412. The number of ether oxygens (including phenoxy) is 1. The van der Waals surface area contributed by atoms with E-state index in [1.54, 1.807) is 27.0 Å². The van der Waals surface area contributed by atoms with Crippen LogP contribution in [0.2, 0.25) is 0 Å². The summed E-state index contributed by atoms with van der Waals surface area (Å²) in [6.45, 7) is 5.57. The van der Waals surface area contributed by atoms with E-state index in [4.69, 9.17) is 9.15 Å². The summed E-state index contributed by atoms with van der Waals surface area (Å²) in [5, 5.41) is 12.3. The van der Waals surface area contributed by atoms with Crippen LogP contribution in [0, 0.1) is 0 Å². The van der Waals surface area contributed by atoms with Gasteiger partial charge < -0.3 is 19.6 Å². The van der Waals surface area contributed by atoms with Crippen LogP contribution in [0.1, 0.15) is 43.7 Å². The molecule has 2 N–H and O–H groups in total. The van der Waals surface area contributed by atoms with Crippen LogP contribution < -0.4 is 5.32 Å². The van der Waals surface area contributed by atoms with E-state index in [0.717, 1.165) is 11.1 Å². The Morgan fingerprint density at radius 2 is 2.13 bits per heavy atom. The summed E-state index contributed by atoms with van der Waals surface area (Å²) < 4.78 is 10.6. The van der Waals surface area contributed by atoms with Gasteiger partial charge in [-0.1, -0.05) is 24.3 Å². The Morgan fingerprint density at radius 1 is 1.39 bits per heavy atom. The first-order chi connectivity index (χ1) is 10.9. The Bertz CT molecular complexity index is 632. The summed E-state index contributed by atoms with van der Waals surface area (Å²) in [5.74, 6) is 0.169. The number of rotatable bonds is 5. The largest absolute Gasteiger partial charge is 0.448 e. The second-order valence-electron chi connectivity index (χ2n) is 6.16. The minimum atomic E-state index is -0.564. The van der Waals surface area contributed by atoms with Gasteiger partial charge in [-0.2, -0.15) is 0 Å². The van der Waals surface area contributed by atoms with Crippen molar-refractivity contribution in [3.8, 4) is 0 Å². The van der Waals surface area contributed by atoms with Crippen molar-refractivity contribution < 1.29 is 19.1 Å². The van der Waals surface area contributed by atoms with Crippen LogP contribution in [-0.4, -0.2) is 28.3 Å². The minimum Gasteiger partial charge on any atom is -0.448 e. The lowest BCUT2D eigenvalue weighted by Crippen LogP contribution is -2.35. The maximum atomic E-state index is 11.9. The topological polar surface area (TPSA) is 84.6 Å². The Labute approximate surface area is 135 Å². The first-order valence-corrected chi connectivity index (χ1v) is 7.45. The number of aliphatic hydroxyl groups is 1. The number of hydrogen-bond acceptors (Lipinski definition) is 5. The fourth-order valence-corrected chi connectivity index (χ4v) is 2.25. The molecule has 1 aromatic carbocycles. The van der Waals surface area contributed by atoms with Crippen molar-refractivity contribution in [1.29, 1.82) is 0 Å². The Hall–Kier alpha value is -2.34. The molecular formula is C17H22N2O4. The van der Waals surface area contributed by atoms with E-state index in [9.17, 15) is 9.90 Å². The molecule has 0 fully saturated rings. The van der Waals surface area contributed by atoms with E-state index in [0.29, 0.717) is 5.89 Å². The standard InChI is InChI=1S/C17H22N2O4/c1-17(2,3)23-16(21)19-10-14(15-18-8-9-22-15)13-7-5-4-6-12(13)11-20/h4-9,14,20H,10-11H2,1-3H3,(H,19,21). The zero-order valence-corrected chi connectivity index (χ0v) is 13.6. The average molecular weight is 318 g/mol. The van der Waals surface area contributed by atoms with Crippen LogP contribution >= 0.6 is 0 Å². The van der Waals surface area contributed by atoms with Gasteiger partial charge in [0.2, 0.25) is 5.89 Å². The predicted molar refractivity (Wildman–Crippen MR) is 84.9 cm³/mol. The van der Waals surface area contributed by atoms with Gasteiger partial charge in [-0.25, -0.2) is 9.78 Å². The average Bonchev–Trinajstić information content (AvgIpc) is 3.00. The Balaban J connectivity index is 2.18. The molecule has 0 aliphatic heterocycles. The van der Waals surface area contributed by atoms with E-state index < -0.39 is 11.7 Å². The summed E-state index contributed by atoms with van der Waals surface area (Å²) in [7, 11) is 0. The zero-order valence-electron chi connectivity index (χ0n) is 13.6. The van der Waals surface area contributed by atoms with Crippen LogP contribution in [0.15, 0.2) is 41.1 Å². The van der Waals surface area contributed by atoms with Gasteiger partial charge in [-0.15, -0.1) is 0 Å². The third-order valence-corrected chi connectivity index (χ3v) is 3.20. The van der Waals surface area contributed by atoms with Gasteiger partial charge in [-0.05, 0) is 31.9 Å². The minimum absolute atomic E-state index is 0.0974. The maximum absolute atomic E-state index is 11.9. The maximum Gasteiger partial charge on any atom is 0.407 e. The van der Waals surface area contributed by atoms with E-state index in [-0.39, 0.29) is 19.1 Å². The van der Waals surface area contributed by atoms with Crippen molar-refractivity contribution in [3.05, 3.63) is 53.7 Å². The van der Waals surface area contributed by atoms with Crippen molar-refractivity contribution in [2.75, 3.05) is 6.54 Å². The van der Waals surface area contributed by atoms with Crippen molar-refractivity contribution in [1.82, 2.24) is 10.3 Å². The molecule has 1 atom stereocenters. The number of carbonyl (C=O) groups excluding carboxylic acids is 1. The summed E-state index contributed by atoms with van der Waals surface area (Å²) >= 11 is 0. The summed E-state index contributed by atoms with van der Waals surface area (Å²) in [6, 6.07) is 7.44. The summed E-state index contributed by atoms with van der Waals surface area (Å²) in [5.41, 5.74) is 1.06. The Morgan fingerprint density at radius 3 is 2.74 bits per heavy atom. The molecule has 0 spiro atoms. The van der Waals surface area contributed by atoms with E-state index in [1.807, 2.05) is 24.3 Å². The molecule has 0 radical (unpaired) electrons. The molecule has 6 heteroatoms. The number of carbonyl (C=O) groups is 1. The number of nitrogens with one attached hydrogen (secondary N) is 1. The molecule has 124 valence electrons. The molecule has 23 heavy (non-hydrogen) atoms. The van der Waals surface area contributed by atoms with Gasteiger partial charge in [0.25, 0.3) is 0 Å². The van der Waals surface area contributed by atoms with Crippen molar-refractivity contribution in [2.45, 2.75) is 38.9 Å². The van der Waals surface area contributed by atoms with Gasteiger partial charge in [0, 0.05) is 6.54 Å². The third kappa shape index (κ3) is 4.82. The van der Waals surface area contributed by atoms with Gasteiger partial charge in [-0.3, -0.25) is 0 Å². The molecule has 1 unspecified atom stereocenters. The van der Waals surface area contributed by atoms with Gasteiger partial charge in [0.05, 0.1) is 18.7 Å². The van der Waals surface area contributed by atoms with Gasteiger partial charge in [0.15, 0.2) is 0 Å². The smallest absolute Gasteiger partial charge is 0.407 e. The highest BCUT2D eigenvalue weighted by Gasteiger charge is 2.23. The number of benzene rings is 1. The number of amides is 1. The number of aromatic nitrogens is 1. The third-order valence-electron chi connectivity index (χ3n) is 3.20. The monoisotopic (exact) mass is 318 g/mol. The lowest BCUT2D eigenvalue weighted by Gasteiger charge is -2.22. The molecule has 1 heterocycles. The van der Waals surface area contributed by atoms with Crippen LogP contribution in [0.25, 0.3) is 0 Å². The molecule has 1 amide bonds. The van der Waals surface area contributed by atoms with Crippen molar-refractivity contribution in [3.63, 3.8) is 0 Å². The molecule has 2 rings (SSSR count). The first-order valence-electron chi connectivity index (χ1n) is 7.45. The van der Waals surface area contributed by atoms with Gasteiger partial charge in [0.1, 0.15) is 11.9 Å². The highest BCUT2D eigenvalue weighted by Crippen LogP contribution is 2.26. The second-order valence-corrected chi connectivity index (χ2v) is 6.16. The Kier molecular flexibility index (Phi) is 5.39. The predicted octanol–water partition coefficient (Wildman–Crippen LogP) is 2.82. The molecule has 6 nitrogen and oxygen atoms in total. The van der Waals surface area contributed by atoms with Crippen LogP contribution in [0.4, 0.5) is 4.79 Å². The zero-order chi connectivity index (χ0) is 16.9. The number of nitrogens with zero attached hydrogens (tertiary/aromatic N) is 1. The highest BCUT2D eigenvalue weighted by atomic mass is 16.6. The first kappa shape index (κ1) is 17.0. The summed E-state index contributed by atoms with van der Waals surface area (Å²) in [6.07, 6.45) is 2.53. The van der Waals surface area contributed by atoms with Crippen LogP contribution in [-0.2, 0) is 11.3 Å². The summed E-state index contributed by atoms with van der Waals surface area (Å²) in [4.78, 5) is 16.1. The molecule has 0 saturated heterocycles. The molecule has 1 aromatic heterocycles. The fourth-order valence-electron chi connectivity index (χ4n) is 2.25. The SMILES string of the molecule is CC(C)(C)OC(=O)NCC(c1ncco1)c1ccccc1CO. The second kappa shape index (κ2) is 7.28. The van der Waals surface area contributed by atoms with Gasteiger partial charge >= 0.3 is 6.09 Å². The molecule has 0 aliphatic rings. The number of alkyl carbamates (subject to hydrolysis) is 1. The normalized spacial score (nSPS) is 12.7. The van der Waals surface area contributed by atoms with Crippen LogP contribution in [0.5, 0.6) is 0 Å². The quantitative estimate of drug-likeness (QED) is 0.885. The number of oxazole rings is 1. The molecule has 0 saturated carbocycles. The molecule has 2 aromatic rings. The molecule has 0 aliphatic carbocycles. The lowest BCUT2D eigenvalue weighted by atomic mass is 9.94. The number of hydrogen-bond donors (Lipinski definition) is 2. The molecular weight excluding hydrogens is 296 g/mol. The van der Waals surface area contributed by atoms with Crippen LogP contribution in [0.3, 0.4) is 0 Å². The van der Waals surface area contributed by atoms with Crippen molar-refractivity contribution >= 4 is 6.09 Å². The molecule has 0 bridgehead atoms. The van der Waals surface area contributed by atoms with E-state index in [2.05, 4.69) is 10.3 Å². The number of aliphatic hydroxyl groups excluding tert-OH is 1.